The molecule has 21 heavy (non-hydrogen) atoms. The molecule has 0 radical (unpaired) electrons. The van der Waals surface area contributed by atoms with Crippen LogP contribution in [0.4, 0.5) is 5.69 Å². The van der Waals surface area contributed by atoms with E-state index in [-0.39, 0.29) is 18.2 Å². The number of aryl methyl sites for hydroxylation is 1. The highest BCUT2D eigenvalue weighted by Crippen LogP contribution is 2.27. The van der Waals surface area contributed by atoms with E-state index < -0.39 is 0 Å². The summed E-state index contributed by atoms with van der Waals surface area (Å²) >= 11 is 0. The molecule has 0 aliphatic heterocycles. The summed E-state index contributed by atoms with van der Waals surface area (Å²) in [6, 6.07) is 5.95. The second kappa shape index (κ2) is 8.45. The Balaban J connectivity index is 2.65. The molecule has 0 atom stereocenters. The number of hydrogen-bond donors (Lipinski definition) is 2. The molecule has 1 aromatic rings. The van der Waals surface area contributed by atoms with Crippen LogP contribution >= 0.6 is 0 Å². The van der Waals surface area contributed by atoms with Crippen molar-refractivity contribution in [3.05, 3.63) is 29.3 Å². The number of benzene rings is 1. The zero-order valence-corrected chi connectivity index (χ0v) is 13.5. The van der Waals surface area contributed by atoms with Crippen molar-refractivity contribution in [1.29, 1.82) is 0 Å². The largest absolute Gasteiger partial charge is 0.356 e. The third kappa shape index (κ3) is 5.58. The molecule has 2 N–H and O–H groups in total. The lowest BCUT2D eigenvalue weighted by atomic mass is 9.98. The number of carbonyl (C=O) groups is 2. The fraction of sp³-hybridized carbons (Fsp3) is 0.529. The van der Waals surface area contributed by atoms with Gasteiger partial charge in [0, 0.05) is 12.2 Å². The number of carbonyl (C=O) groups excluding carboxylic acids is 2. The lowest BCUT2D eigenvalue weighted by Crippen LogP contribution is -2.29. The van der Waals surface area contributed by atoms with Crippen LogP contribution in [-0.4, -0.2) is 18.4 Å². The first-order valence-electron chi connectivity index (χ1n) is 7.61. The SMILES string of the molecule is CCCCNC(=O)CC(=O)Nc1c(C)cccc1C(C)C. The monoisotopic (exact) mass is 290 g/mol. The van der Waals surface area contributed by atoms with Crippen LogP contribution in [0.2, 0.25) is 0 Å². The molecule has 1 rings (SSSR count). The maximum atomic E-state index is 12.0. The summed E-state index contributed by atoms with van der Waals surface area (Å²) in [6.45, 7) is 8.82. The summed E-state index contributed by atoms with van der Waals surface area (Å²) < 4.78 is 0. The van der Waals surface area contributed by atoms with Crippen molar-refractivity contribution in [2.45, 2.75) is 52.9 Å². The van der Waals surface area contributed by atoms with Crippen molar-refractivity contribution in [3.63, 3.8) is 0 Å². The number of anilines is 1. The fourth-order valence-electron chi connectivity index (χ4n) is 2.14. The van der Waals surface area contributed by atoms with E-state index in [4.69, 9.17) is 0 Å². The minimum Gasteiger partial charge on any atom is -0.356 e. The van der Waals surface area contributed by atoms with Crippen molar-refractivity contribution in [2.75, 3.05) is 11.9 Å². The van der Waals surface area contributed by atoms with Crippen LogP contribution in [0.5, 0.6) is 0 Å². The minimum absolute atomic E-state index is 0.129. The minimum atomic E-state index is -0.264. The third-order valence-electron chi connectivity index (χ3n) is 3.37. The zero-order valence-electron chi connectivity index (χ0n) is 13.5. The van der Waals surface area contributed by atoms with Crippen LogP contribution in [0, 0.1) is 6.92 Å². The molecule has 0 unspecified atom stereocenters. The quantitative estimate of drug-likeness (QED) is 0.597. The van der Waals surface area contributed by atoms with Crippen LogP contribution in [-0.2, 0) is 9.59 Å². The molecule has 0 spiro atoms. The molecule has 0 heterocycles. The van der Waals surface area contributed by atoms with Crippen molar-refractivity contribution in [3.8, 4) is 0 Å². The molecule has 0 aromatic heterocycles. The number of hydrogen-bond acceptors (Lipinski definition) is 2. The van der Waals surface area contributed by atoms with Gasteiger partial charge in [-0.1, -0.05) is 45.4 Å². The highest BCUT2D eigenvalue weighted by Gasteiger charge is 2.14. The van der Waals surface area contributed by atoms with Gasteiger partial charge in [-0.05, 0) is 30.4 Å². The number of rotatable bonds is 7. The lowest BCUT2D eigenvalue weighted by Gasteiger charge is -2.16. The Labute approximate surface area is 127 Å². The van der Waals surface area contributed by atoms with E-state index in [1.807, 2.05) is 25.1 Å². The smallest absolute Gasteiger partial charge is 0.233 e. The van der Waals surface area contributed by atoms with E-state index >= 15 is 0 Å². The van der Waals surface area contributed by atoms with E-state index in [2.05, 4.69) is 31.4 Å². The molecule has 0 fully saturated rings. The van der Waals surface area contributed by atoms with E-state index in [9.17, 15) is 9.59 Å². The fourth-order valence-corrected chi connectivity index (χ4v) is 2.14. The predicted octanol–water partition coefficient (Wildman–Crippen LogP) is 3.36. The van der Waals surface area contributed by atoms with Gasteiger partial charge in [-0.3, -0.25) is 9.59 Å². The molecule has 2 amide bonds. The highest BCUT2D eigenvalue weighted by atomic mass is 16.2. The van der Waals surface area contributed by atoms with E-state index in [1.54, 1.807) is 0 Å². The Hall–Kier alpha value is -1.84. The summed E-state index contributed by atoms with van der Waals surface area (Å²) in [4.78, 5) is 23.7. The summed E-state index contributed by atoms with van der Waals surface area (Å²) in [7, 11) is 0. The van der Waals surface area contributed by atoms with Crippen LogP contribution < -0.4 is 10.6 Å². The van der Waals surface area contributed by atoms with Crippen LogP contribution in [0.1, 0.15) is 57.1 Å². The van der Waals surface area contributed by atoms with Crippen molar-refractivity contribution in [1.82, 2.24) is 5.32 Å². The molecule has 0 saturated heterocycles. The lowest BCUT2D eigenvalue weighted by molar-refractivity contribution is -0.126. The second-order valence-electron chi connectivity index (χ2n) is 5.62. The molecule has 0 bridgehead atoms. The Morgan fingerprint density at radius 3 is 2.52 bits per heavy atom. The Morgan fingerprint density at radius 1 is 1.19 bits per heavy atom. The first-order chi connectivity index (χ1) is 9.95. The maximum Gasteiger partial charge on any atom is 0.233 e. The van der Waals surface area contributed by atoms with Gasteiger partial charge < -0.3 is 10.6 Å². The van der Waals surface area contributed by atoms with Gasteiger partial charge in [0.1, 0.15) is 6.42 Å². The molecule has 1 aromatic carbocycles. The molecule has 4 heteroatoms. The standard InChI is InChI=1S/C17H26N2O2/c1-5-6-10-18-15(20)11-16(21)19-17-13(4)8-7-9-14(17)12(2)3/h7-9,12H,5-6,10-11H2,1-4H3,(H,18,20)(H,19,21). The van der Waals surface area contributed by atoms with Gasteiger partial charge in [-0.25, -0.2) is 0 Å². The van der Waals surface area contributed by atoms with E-state index in [0.29, 0.717) is 12.5 Å². The Kier molecular flexibility index (Phi) is 6.92. The Bertz CT molecular complexity index is 496. The zero-order chi connectivity index (χ0) is 15.8. The van der Waals surface area contributed by atoms with Crippen molar-refractivity contribution in [2.24, 2.45) is 0 Å². The first-order valence-corrected chi connectivity index (χ1v) is 7.61. The van der Waals surface area contributed by atoms with Crippen molar-refractivity contribution >= 4 is 17.5 Å². The van der Waals surface area contributed by atoms with Gasteiger partial charge in [0.2, 0.25) is 11.8 Å². The maximum absolute atomic E-state index is 12.0. The molecular weight excluding hydrogens is 264 g/mol. The molecular formula is C17H26N2O2. The second-order valence-corrected chi connectivity index (χ2v) is 5.62. The predicted molar refractivity (Wildman–Crippen MR) is 86.4 cm³/mol. The first kappa shape index (κ1) is 17.2. The van der Waals surface area contributed by atoms with Gasteiger partial charge in [-0.2, -0.15) is 0 Å². The average Bonchev–Trinajstić information content (AvgIpc) is 2.41. The van der Waals surface area contributed by atoms with Crippen LogP contribution in [0.15, 0.2) is 18.2 Å². The molecule has 4 nitrogen and oxygen atoms in total. The molecule has 0 aliphatic carbocycles. The topological polar surface area (TPSA) is 58.2 Å². The third-order valence-corrected chi connectivity index (χ3v) is 3.37. The number of para-hydroxylation sites is 1. The van der Waals surface area contributed by atoms with Gasteiger partial charge >= 0.3 is 0 Å². The number of unbranched alkanes of at least 4 members (excludes halogenated alkanes) is 1. The highest BCUT2D eigenvalue weighted by molar-refractivity contribution is 6.04. The van der Waals surface area contributed by atoms with Gasteiger partial charge in [0.25, 0.3) is 0 Å². The van der Waals surface area contributed by atoms with Crippen molar-refractivity contribution < 1.29 is 9.59 Å². The summed E-state index contributed by atoms with van der Waals surface area (Å²) in [6.07, 6.45) is 1.83. The van der Waals surface area contributed by atoms with Crippen LogP contribution in [0.25, 0.3) is 0 Å². The summed E-state index contributed by atoms with van der Waals surface area (Å²) in [5.41, 5.74) is 2.94. The van der Waals surface area contributed by atoms with Gasteiger partial charge in [0.15, 0.2) is 0 Å². The Morgan fingerprint density at radius 2 is 1.90 bits per heavy atom. The summed E-state index contributed by atoms with van der Waals surface area (Å²) in [5.74, 6) is -0.167. The molecule has 116 valence electrons. The summed E-state index contributed by atoms with van der Waals surface area (Å²) in [5, 5.41) is 5.63. The van der Waals surface area contributed by atoms with Crippen LogP contribution in [0.3, 0.4) is 0 Å². The molecule has 0 aliphatic rings. The van der Waals surface area contributed by atoms with Gasteiger partial charge in [-0.15, -0.1) is 0 Å². The molecule has 0 saturated carbocycles. The van der Waals surface area contributed by atoms with E-state index in [1.165, 1.54) is 0 Å². The normalized spacial score (nSPS) is 10.5. The number of amides is 2. The average molecular weight is 290 g/mol. The van der Waals surface area contributed by atoms with E-state index in [0.717, 1.165) is 29.7 Å². The van der Waals surface area contributed by atoms with Gasteiger partial charge in [0.05, 0.1) is 0 Å². The number of nitrogens with one attached hydrogen (secondary N) is 2.